The predicted molar refractivity (Wildman–Crippen MR) is 87.5 cm³/mol. The minimum absolute atomic E-state index is 0.0330. The Morgan fingerprint density at radius 3 is 1.73 bits per heavy atom. The Bertz CT molecular complexity index is 821. The molecular formula is C17H10O3S2. The van der Waals surface area contributed by atoms with Crippen LogP contribution in [0.1, 0.15) is 14.5 Å². The Morgan fingerprint density at radius 1 is 0.818 bits per heavy atom. The molecule has 0 aliphatic heterocycles. The Labute approximate surface area is 134 Å². The maximum atomic E-state index is 12.6. The van der Waals surface area contributed by atoms with Crippen LogP contribution in [0, 0.1) is 0 Å². The van der Waals surface area contributed by atoms with Crippen molar-refractivity contribution >= 4 is 28.5 Å². The molecule has 0 radical (unpaired) electrons. The first-order valence-corrected chi connectivity index (χ1v) is 8.37. The average molecular weight is 326 g/mol. The SMILES string of the molecule is O=C(c1cc(-c2ccco2)cs1)c1cc(-c2ccco2)cs1. The van der Waals surface area contributed by atoms with E-state index >= 15 is 0 Å². The summed E-state index contributed by atoms with van der Waals surface area (Å²) in [6.45, 7) is 0. The minimum atomic E-state index is 0.0330. The normalized spacial score (nSPS) is 10.9. The van der Waals surface area contributed by atoms with Crippen molar-refractivity contribution in [2.24, 2.45) is 0 Å². The van der Waals surface area contributed by atoms with Gasteiger partial charge in [-0.15, -0.1) is 22.7 Å². The second-order valence-corrected chi connectivity index (χ2v) is 6.51. The topological polar surface area (TPSA) is 43.4 Å². The van der Waals surface area contributed by atoms with Crippen LogP contribution in [0.3, 0.4) is 0 Å². The summed E-state index contributed by atoms with van der Waals surface area (Å²) in [5.41, 5.74) is 1.86. The number of hydrogen-bond donors (Lipinski definition) is 0. The number of hydrogen-bond acceptors (Lipinski definition) is 5. The van der Waals surface area contributed by atoms with Crippen LogP contribution in [-0.4, -0.2) is 5.78 Å². The van der Waals surface area contributed by atoms with Crippen molar-refractivity contribution in [3.63, 3.8) is 0 Å². The van der Waals surface area contributed by atoms with E-state index in [1.54, 1.807) is 12.5 Å². The van der Waals surface area contributed by atoms with Gasteiger partial charge in [0.15, 0.2) is 0 Å². The monoisotopic (exact) mass is 326 g/mol. The van der Waals surface area contributed by atoms with Gasteiger partial charge >= 0.3 is 0 Å². The molecule has 0 unspecified atom stereocenters. The van der Waals surface area contributed by atoms with Crippen LogP contribution in [0.4, 0.5) is 0 Å². The summed E-state index contributed by atoms with van der Waals surface area (Å²) in [4.78, 5) is 14.0. The lowest BCUT2D eigenvalue weighted by atomic mass is 10.2. The molecule has 0 amide bonds. The van der Waals surface area contributed by atoms with Crippen LogP contribution in [-0.2, 0) is 0 Å². The largest absolute Gasteiger partial charge is 0.464 e. The Morgan fingerprint density at radius 2 is 1.32 bits per heavy atom. The van der Waals surface area contributed by atoms with Crippen molar-refractivity contribution in [2.45, 2.75) is 0 Å². The zero-order chi connectivity index (χ0) is 14.9. The summed E-state index contributed by atoms with van der Waals surface area (Å²) in [5, 5.41) is 3.88. The number of carbonyl (C=O) groups excluding carboxylic acids is 1. The quantitative estimate of drug-likeness (QED) is 0.461. The lowest BCUT2D eigenvalue weighted by molar-refractivity contribution is 0.104. The summed E-state index contributed by atoms with van der Waals surface area (Å²) in [6.07, 6.45) is 3.26. The molecule has 4 aromatic rings. The maximum absolute atomic E-state index is 12.6. The van der Waals surface area contributed by atoms with Gasteiger partial charge in [-0.25, -0.2) is 0 Å². The van der Waals surface area contributed by atoms with Crippen LogP contribution < -0.4 is 0 Å². The molecule has 22 heavy (non-hydrogen) atoms. The minimum Gasteiger partial charge on any atom is -0.464 e. The van der Waals surface area contributed by atoms with Gasteiger partial charge in [0.1, 0.15) is 11.5 Å². The summed E-state index contributed by atoms with van der Waals surface area (Å²) < 4.78 is 10.7. The number of rotatable bonds is 4. The first kappa shape index (κ1) is 13.3. The smallest absolute Gasteiger partial charge is 0.212 e. The van der Waals surface area contributed by atoms with E-state index in [4.69, 9.17) is 8.83 Å². The molecule has 0 saturated carbocycles. The van der Waals surface area contributed by atoms with Gasteiger partial charge in [-0.1, -0.05) is 0 Å². The van der Waals surface area contributed by atoms with Gasteiger partial charge in [0.05, 0.1) is 22.3 Å². The van der Waals surface area contributed by atoms with Crippen molar-refractivity contribution in [3.8, 4) is 22.6 Å². The van der Waals surface area contributed by atoms with Gasteiger partial charge in [-0.2, -0.15) is 0 Å². The summed E-state index contributed by atoms with van der Waals surface area (Å²) >= 11 is 2.86. The molecule has 0 aliphatic carbocycles. The fourth-order valence-corrected chi connectivity index (χ4v) is 3.94. The third-order valence-corrected chi connectivity index (χ3v) is 5.12. The van der Waals surface area contributed by atoms with Gasteiger partial charge in [0.2, 0.25) is 5.78 Å². The highest BCUT2D eigenvalue weighted by atomic mass is 32.1. The molecule has 4 aromatic heterocycles. The van der Waals surface area contributed by atoms with Crippen molar-refractivity contribution in [3.05, 3.63) is 69.4 Å². The molecule has 4 heterocycles. The average Bonchev–Trinajstić information content (AvgIpc) is 3.35. The fraction of sp³-hybridized carbons (Fsp3) is 0. The maximum Gasteiger partial charge on any atom is 0.212 e. The van der Waals surface area contributed by atoms with Crippen LogP contribution >= 0.6 is 22.7 Å². The van der Waals surface area contributed by atoms with E-state index in [0.717, 1.165) is 22.6 Å². The highest BCUT2D eigenvalue weighted by Crippen LogP contribution is 2.31. The molecule has 0 atom stereocenters. The first-order valence-electron chi connectivity index (χ1n) is 6.61. The lowest BCUT2D eigenvalue weighted by Crippen LogP contribution is -1.94. The molecule has 4 rings (SSSR count). The molecule has 5 heteroatoms. The Balaban J connectivity index is 1.62. The highest BCUT2D eigenvalue weighted by Gasteiger charge is 2.16. The van der Waals surface area contributed by atoms with Crippen molar-refractivity contribution in [2.75, 3.05) is 0 Å². The number of furan rings is 2. The lowest BCUT2D eigenvalue weighted by Gasteiger charge is -1.92. The molecule has 0 bridgehead atoms. The van der Waals surface area contributed by atoms with Gasteiger partial charge in [-0.3, -0.25) is 4.79 Å². The molecular weight excluding hydrogens is 316 g/mol. The van der Waals surface area contributed by atoms with E-state index in [2.05, 4.69) is 0 Å². The summed E-state index contributed by atoms with van der Waals surface area (Å²) in [5.74, 6) is 1.58. The van der Waals surface area contributed by atoms with E-state index < -0.39 is 0 Å². The van der Waals surface area contributed by atoms with Gasteiger partial charge in [0, 0.05) is 21.9 Å². The molecule has 0 aromatic carbocycles. The molecule has 0 fully saturated rings. The molecule has 3 nitrogen and oxygen atoms in total. The third kappa shape index (κ3) is 2.34. The van der Waals surface area contributed by atoms with Crippen molar-refractivity contribution in [1.82, 2.24) is 0 Å². The zero-order valence-electron chi connectivity index (χ0n) is 11.3. The van der Waals surface area contributed by atoms with E-state index in [-0.39, 0.29) is 5.78 Å². The molecule has 0 N–H and O–H groups in total. The van der Waals surface area contributed by atoms with Crippen LogP contribution in [0.25, 0.3) is 22.6 Å². The van der Waals surface area contributed by atoms with Gasteiger partial charge in [0.25, 0.3) is 0 Å². The van der Waals surface area contributed by atoms with E-state index in [9.17, 15) is 4.79 Å². The van der Waals surface area contributed by atoms with Crippen molar-refractivity contribution < 1.29 is 13.6 Å². The van der Waals surface area contributed by atoms with E-state index in [1.807, 2.05) is 47.2 Å². The summed E-state index contributed by atoms with van der Waals surface area (Å²) in [6, 6.07) is 11.2. The Kier molecular flexibility index (Phi) is 3.29. The zero-order valence-corrected chi connectivity index (χ0v) is 12.9. The van der Waals surface area contributed by atoms with Crippen molar-refractivity contribution in [1.29, 1.82) is 0 Å². The number of thiophene rings is 2. The van der Waals surface area contributed by atoms with Crippen LogP contribution in [0.5, 0.6) is 0 Å². The fourth-order valence-electron chi connectivity index (χ4n) is 2.18. The Hall–Kier alpha value is -2.37. The standard InChI is InChI=1S/C17H10O3S2/c18-17(15-7-11(9-21-15)13-3-1-5-19-13)16-8-12(10-22-16)14-4-2-6-20-14/h1-10H. The molecule has 0 aliphatic rings. The second-order valence-electron chi connectivity index (χ2n) is 4.68. The first-order chi connectivity index (χ1) is 10.8. The van der Waals surface area contributed by atoms with Crippen LogP contribution in [0.15, 0.2) is 68.5 Å². The van der Waals surface area contributed by atoms with E-state index in [1.165, 1.54) is 22.7 Å². The molecule has 0 spiro atoms. The highest BCUT2D eigenvalue weighted by molar-refractivity contribution is 7.16. The summed E-state index contributed by atoms with van der Waals surface area (Å²) in [7, 11) is 0. The van der Waals surface area contributed by atoms with Crippen LogP contribution in [0.2, 0.25) is 0 Å². The molecule has 0 saturated heterocycles. The number of carbonyl (C=O) groups is 1. The third-order valence-electron chi connectivity index (χ3n) is 3.26. The predicted octanol–water partition coefficient (Wildman–Crippen LogP) is 5.56. The number of ketones is 1. The van der Waals surface area contributed by atoms with Gasteiger partial charge in [-0.05, 0) is 36.4 Å². The van der Waals surface area contributed by atoms with Gasteiger partial charge < -0.3 is 8.83 Å². The second kappa shape index (κ2) is 5.44. The van der Waals surface area contributed by atoms with E-state index in [0.29, 0.717) is 9.75 Å². The molecule has 108 valence electrons.